The summed E-state index contributed by atoms with van der Waals surface area (Å²) < 4.78 is 12.2. The number of aliphatic hydroxyl groups excluding tert-OH is 2. The molecule has 0 aliphatic rings. The molecule has 0 fully saturated rings. The predicted molar refractivity (Wildman–Crippen MR) is 217 cm³/mol. The third-order valence-electron chi connectivity index (χ3n) is 4.54. The van der Waals surface area contributed by atoms with Gasteiger partial charge in [-0.25, -0.2) is 0 Å². The van der Waals surface area contributed by atoms with Gasteiger partial charge in [-0.3, -0.25) is 18.6 Å². The molecule has 0 aromatic carbocycles. The Hall–Kier alpha value is 2.93. The second-order valence-corrected chi connectivity index (χ2v) is 23.6. The minimum Gasteiger partial charge on any atom is -0.396 e. The number of hydrogen-bond acceptors (Lipinski definition) is 17. The Labute approximate surface area is 308 Å². The lowest BCUT2D eigenvalue weighted by Gasteiger charge is -2.04. The number of carbonyl (C=O) groups is 3. The van der Waals surface area contributed by atoms with Gasteiger partial charge in [0.2, 0.25) is 0 Å². The zero-order valence-corrected chi connectivity index (χ0v) is 34.3. The van der Waals surface area contributed by atoms with Crippen LogP contribution in [-0.2, 0) is 25.2 Å². The molecule has 0 spiro atoms. The molecular formula is C25H46O6S12. The standard InChI is InChI=1S/C25H46O6S12/c26-5-11-36-21-41-24(29)3-9-33-18-32-7-1-16-43(31)17-15-39-20-38-13-14-40-23(28)2-8-34-19-35-10-4-25(30)42-22-37-12-6-27/h26-27H,1-22H2. The molecule has 0 radical (unpaired) electrons. The van der Waals surface area contributed by atoms with E-state index < -0.39 is 10.8 Å². The monoisotopic (exact) mass is 826 g/mol. The first-order valence-corrected chi connectivity index (χ1v) is 27.3. The molecule has 18 heteroatoms. The minimum absolute atomic E-state index is 0.153. The Balaban J connectivity index is 3.35. The molecule has 0 aromatic rings. The van der Waals surface area contributed by atoms with E-state index in [0.29, 0.717) is 35.9 Å². The molecule has 0 saturated carbocycles. The molecule has 0 aliphatic heterocycles. The molecule has 0 rings (SSSR count). The normalized spacial score (nSPS) is 12.0. The van der Waals surface area contributed by atoms with Crippen molar-refractivity contribution >= 4 is 156 Å². The zero-order chi connectivity index (χ0) is 31.6. The first-order valence-electron chi connectivity index (χ1n) is 13.6. The molecule has 0 bridgehead atoms. The first-order chi connectivity index (χ1) is 21.0. The highest BCUT2D eigenvalue weighted by molar-refractivity contribution is 8.24. The van der Waals surface area contributed by atoms with Crippen LogP contribution in [0.15, 0.2) is 0 Å². The van der Waals surface area contributed by atoms with Gasteiger partial charge in [-0.05, 0) is 12.2 Å². The number of thioether (sulfide) groups is 11. The number of hydrogen-bond donors (Lipinski definition) is 2. The summed E-state index contributed by atoms with van der Waals surface area (Å²) in [6, 6.07) is 0. The van der Waals surface area contributed by atoms with Crippen LogP contribution >= 0.6 is 129 Å². The summed E-state index contributed by atoms with van der Waals surface area (Å²) in [5.74, 6) is 9.04. The van der Waals surface area contributed by atoms with Crippen molar-refractivity contribution in [3.05, 3.63) is 0 Å². The van der Waals surface area contributed by atoms with Crippen LogP contribution in [0.4, 0.5) is 0 Å². The molecular weight excluding hydrogens is 781 g/mol. The van der Waals surface area contributed by atoms with Crippen LogP contribution in [0.2, 0.25) is 0 Å². The van der Waals surface area contributed by atoms with Crippen molar-refractivity contribution < 1.29 is 28.8 Å². The van der Waals surface area contributed by atoms with Crippen LogP contribution < -0.4 is 0 Å². The largest absolute Gasteiger partial charge is 0.396 e. The third-order valence-corrected chi connectivity index (χ3v) is 18.7. The Kier molecular flexibility index (Phi) is 40.3. The van der Waals surface area contributed by atoms with Gasteiger partial charge in [0.25, 0.3) is 0 Å². The van der Waals surface area contributed by atoms with Gasteiger partial charge in [0, 0.05) is 113 Å². The summed E-state index contributed by atoms with van der Waals surface area (Å²) in [5.41, 5.74) is 0. The van der Waals surface area contributed by atoms with Crippen molar-refractivity contribution in [1.82, 2.24) is 0 Å². The Bertz CT molecular complexity index is 708. The van der Waals surface area contributed by atoms with Gasteiger partial charge in [0.15, 0.2) is 15.3 Å². The number of aliphatic hydroxyl groups is 2. The molecule has 0 saturated heterocycles. The van der Waals surface area contributed by atoms with E-state index in [-0.39, 0.29) is 28.6 Å². The van der Waals surface area contributed by atoms with Crippen molar-refractivity contribution in [2.24, 2.45) is 0 Å². The summed E-state index contributed by atoms with van der Waals surface area (Å²) in [4.78, 5) is 35.5. The average Bonchev–Trinajstić information content (AvgIpc) is 2.99. The lowest BCUT2D eigenvalue weighted by molar-refractivity contribution is -0.111. The summed E-state index contributed by atoms with van der Waals surface area (Å²) in [6.45, 7) is 0.313. The average molecular weight is 827 g/mol. The Morgan fingerprint density at radius 3 is 1.37 bits per heavy atom. The van der Waals surface area contributed by atoms with Gasteiger partial charge in [-0.2, -0.15) is 70.6 Å². The van der Waals surface area contributed by atoms with Gasteiger partial charge >= 0.3 is 0 Å². The van der Waals surface area contributed by atoms with Crippen LogP contribution in [0.3, 0.4) is 0 Å². The van der Waals surface area contributed by atoms with Crippen molar-refractivity contribution in [1.29, 1.82) is 0 Å². The van der Waals surface area contributed by atoms with Gasteiger partial charge in [-0.1, -0.05) is 35.3 Å². The predicted octanol–water partition coefficient (Wildman–Crippen LogP) is 6.71. The lowest BCUT2D eigenvalue weighted by Crippen LogP contribution is -2.06. The van der Waals surface area contributed by atoms with E-state index >= 15 is 0 Å². The highest BCUT2D eigenvalue weighted by atomic mass is 32.2. The quantitative estimate of drug-likeness (QED) is 0.0540. The third kappa shape index (κ3) is 37.6. The van der Waals surface area contributed by atoms with E-state index in [1.807, 2.05) is 35.3 Å². The molecule has 1 unspecified atom stereocenters. The van der Waals surface area contributed by atoms with E-state index in [1.54, 1.807) is 58.8 Å². The summed E-state index contributed by atoms with van der Waals surface area (Å²) in [5, 5.41) is 22.4. The molecule has 6 nitrogen and oxygen atoms in total. The minimum atomic E-state index is -0.757. The maximum Gasteiger partial charge on any atom is 0.190 e. The van der Waals surface area contributed by atoms with Crippen LogP contribution in [0.1, 0.15) is 25.7 Å². The molecule has 254 valence electrons. The number of rotatable bonds is 33. The summed E-state index contributed by atoms with van der Waals surface area (Å²) >= 11 is 18.0. The molecule has 0 heterocycles. The van der Waals surface area contributed by atoms with E-state index in [2.05, 4.69) is 0 Å². The zero-order valence-electron chi connectivity index (χ0n) is 24.5. The van der Waals surface area contributed by atoms with Gasteiger partial charge in [-0.15, -0.1) is 23.5 Å². The van der Waals surface area contributed by atoms with Gasteiger partial charge in [0.05, 0.1) is 13.2 Å². The van der Waals surface area contributed by atoms with Crippen molar-refractivity contribution in [2.45, 2.75) is 25.7 Å². The van der Waals surface area contributed by atoms with Gasteiger partial charge < -0.3 is 10.2 Å². The molecule has 2 N–H and O–H groups in total. The maximum absolute atomic E-state index is 12.2. The van der Waals surface area contributed by atoms with E-state index in [4.69, 9.17) is 10.2 Å². The van der Waals surface area contributed by atoms with Crippen molar-refractivity contribution in [3.63, 3.8) is 0 Å². The van der Waals surface area contributed by atoms with Crippen LogP contribution in [0.5, 0.6) is 0 Å². The fraction of sp³-hybridized carbons (Fsp3) is 0.880. The number of carbonyl (C=O) groups excluding carboxylic acids is 3. The van der Waals surface area contributed by atoms with Crippen LogP contribution in [0, 0.1) is 0 Å². The molecule has 43 heavy (non-hydrogen) atoms. The van der Waals surface area contributed by atoms with Crippen LogP contribution in [0.25, 0.3) is 0 Å². The highest BCUT2D eigenvalue weighted by Gasteiger charge is 2.06. The molecule has 0 aromatic heterocycles. The fourth-order valence-electron chi connectivity index (χ4n) is 2.47. The lowest BCUT2D eigenvalue weighted by atomic mass is 10.5. The highest BCUT2D eigenvalue weighted by Crippen LogP contribution is 2.21. The second-order valence-electron chi connectivity index (χ2n) is 8.01. The first kappa shape index (κ1) is 45.9. The smallest absolute Gasteiger partial charge is 0.190 e. The topological polar surface area (TPSA) is 109 Å². The van der Waals surface area contributed by atoms with Crippen molar-refractivity contribution in [2.75, 3.05) is 102 Å². The maximum atomic E-state index is 12.2. The van der Waals surface area contributed by atoms with Gasteiger partial charge in [0.1, 0.15) is 0 Å². The van der Waals surface area contributed by atoms with E-state index in [9.17, 15) is 18.6 Å². The molecule has 1 atom stereocenters. The SMILES string of the molecule is O=C(CCSCSCCC(=O)SCSCCO)SCCSCSCCS(=O)CCCSCSCCC(=O)SCSCCO. The molecule has 0 amide bonds. The Morgan fingerprint density at radius 1 is 0.442 bits per heavy atom. The van der Waals surface area contributed by atoms with Crippen LogP contribution in [-0.4, -0.2) is 132 Å². The molecule has 0 aliphatic carbocycles. The van der Waals surface area contributed by atoms with Crippen molar-refractivity contribution in [3.8, 4) is 0 Å². The van der Waals surface area contributed by atoms with E-state index in [0.717, 1.165) is 78.5 Å². The fourth-order valence-corrected chi connectivity index (χ4v) is 15.2. The second kappa shape index (κ2) is 37.7. The van der Waals surface area contributed by atoms with E-state index in [1.165, 1.54) is 35.3 Å². The summed E-state index contributed by atoms with van der Waals surface area (Å²) in [6.07, 6.45) is 2.70. The Morgan fingerprint density at radius 2 is 0.860 bits per heavy atom. The summed E-state index contributed by atoms with van der Waals surface area (Å²) in [7, 11) is -0.757.